The molecule has 0 bridgehead atoms. The quantitative estimate of drug-likeness (QED) is 0.501. The summed E-state index contributed by atoms with van der Waals surface area (Å²) in [4.78, 5) is 10.4. The number of phenols is 1. The zero-order valence-corrected chi connectivity index (χ0v) is 9.16. The number of aromatic hydroxyl groups is 1. The Kier molecular flexibility index (Phi) is 4.46. The van der Waals surface area contributed by atoms with Crippen LogP contribution >= 0.6 is 15.9 Å². The number of aldehydes is 1. The Morgan fingerprint density at radius 3 is 2.86 bits per heavy atom. The molecule has 0 saturated heterocycles. The third-order valence-corrected chi connectivity index (χ3v) is 2.22. The molecule has 4 heteroatoms. The standard InChI is InChI=1S/C10H11BrO3/c11-4-1-5-14-10-3-2-8(7-12)6-9(10)13/h2-3,6-7,13H,1,4-5H2. The maximum Gasteiger partial charge on any atom is 0.160 e. The van der Waals surface area contributed by atoms with E-state index in [1.54, 1.807) is 12.1 Å². The van der Waals surface area contributed by atoms with Crippen molar-refractivity contribution in [3.05, 3.63) is 23.8 Å². The van der Waals surface area contributed by atoms with E-state index in [0.717, 1.165) is 11.8 Å². The minimum absolute atomic E-state index is 0.00386. The van der Waals surface area contributed by atoms with Crippen LogP contribution < -0.4 is 4.74 Å². The molecule has 0 aliphatic carbocycles. The van der Waals surface area contributed by atoms with Crippen molar-refractivity contribution >= 4 is 22.2 Å². The normalized spacial score (nSPS) is 9.79. The summed E-state index contributed by atoms with van der Waals surface area (Å²) >= 11 is 3.28. The largest absolute Gasteiger partial charge is 0.504 e. The van der Waals surface area contributed by atoms with Crippen LogP contribution in [0.1, 0.15) is 16.8 Å². The van der Waals surface area contributed by atoms with Gasteiger partial charge in [0.2, 0.25) is 0 Å². The fourth-order valence-corrected chi connectivity index (χ4v) is 1.20. The Labute approximate surface area is 90.8 Å². The molecule has 1 aromatic rings. The lowest BCUT2D eigenvalue weighted by Crippen LogP contribution is -1.98. The minimum Gasteiger partial charge on any atom is -0.504 e. The topological polar surface area (TPSA) is 46.5 Å². The van der Waals surface area contributed by atoms with Crippen LogP contribution in [-0.4, -0.2) is 23.3 Å². The lowest BCUT2D eigenvalue weighted by molar-refractivity contribution is 0.112. The second-order valence-electron chi connectivity index (χ2n) is 2.74. The van der Waals surface area contributed by atoms with Crippen LogP contribution in [0.5, 0.6) is 11.5 Å². The number of carbonyl (C=O) groups is 1. The second-order valence-corrected chi connectivity index (χ2v) is 3.53. The molecule has 0 atom stereocenters. The smallest absolute Gasteiger partial charge is 0.160 e. The number of rotatable bonds is 5. The lowest BCUT2D eigenvalue weighted by Gasteiger charge is -2.06. The maximum absolute atomic E-state index is 10.4. The second kappa shape index (κ2) is 5.65. The van der Waals surface area contributed by atoms with Crippen molar-refractivity contribution in [1.29, 1.82) is 0 Å². The molecule has 1 N–H and O–H groups in total. The molecule has 0 saturated carbocycles. The van der Waals surface area contributed by atoms with Crippen molar-refractivity contribution in [3.8, 4) is 11.5 Å². The average Bonchev–Trinajstić information content (AvgIpc) is 2.20. The van der Waals surface area contributed by atoms with Gasteiger partial charge < -0.3 is 9.84 Å². The fraction of sp³-hybridized carbons (Fsp3) is 0.300. The van der Waals surface area contributed by atoms with Crippen molar-refractivity contribution in [2.75, 3.05) is 11.9 Å². The Morgan fingerprint density at radius 1 is 1.50 bits per heavy atom. The summed E-state index contributed by atoms with van der Waals surface area (Å²) in [6, 6.07) is 4.58. The van der Waals surface area contributed by atoms with E-state index in [0.29, 0.717) is 24.2 Å². The van der Waals surface area contributed by atoms with E-state index in [2.05, 4.69) is 15.9 Å². The van der Waals surface area contributed by atoms with Crippen LogP contribution in [0.3, 0.4) is 0 Å². The minimum atomic E-state index is 0.00386. The van der Waals surface area contributed by atoms with E-state index in [9.17, 15) is 9.90 Å². The summed E-state index contributed by atoms with van der Waals surface area (Å²) in [5.74, 6) is 0.417. The van der Waals surface area contributed by atoms with Crippen LogP contribution in [0, 0.1) is 0 Å². The lowest BCUT2D eigenvalue weighted by atomic mass is 10.2. The number of ether oxygens (including phenoxy) is 1. The van der Waals surface area contributed by atoms with Crippen molar-refractivity contribution in [2.45, 2.75) is 6.42 Å². The summed E-state index contributed by atoms with van der Waals surface area (Å²) < 4.78 is 5.28. The Balaban J connectivity index is 2.64. The Hall–Kier alpha value is -1.03. The van der Waals surface area contributed by atoms with Gasteiger partial charge in [-0.15, -0.1) is 0 Å². The van der Waals surface area contributed by atoms with Crippen LogP contribution in [0.2, 0.25) is 0 Å². The van der Waals surface area contributed by atoms with Gasteiger partial charge in [0.05, 0.1) is 6.61 Å². The van der Waals surface area contributed by atoms with Gasteiger partial charge in [-0.1, -0.05) is 15.9 Å². The highest BCUT2D eigenvalue weighted by molar-refractivity contribution is 9.09. The van der Waals surface area contributed by atoms with Crippen LogP contribution in [0.15, 0.2) is 18.2 Å². The van der Waals surface area contributed by atoms with Gasteiger partial charge in [0.25, 0.3) is 0 Å². The van der Waals surface area contributed by atoms with Crippen LogP contribution in [0.25, 0.3) is 0 Å². The van der Waals surface area contributed by atoms with Crippen molar-refractivity contribution < 1.29 is 14.6 Å². The molecule has 0 heterocycles. The highest BCUT2D eigenvalue weighted by atomic mass is 79.9. The summed E-state index contributed by atoms with van der Waals surface area (Å²) in [7, 11) is 0. The molecule has 0 aromatic heterocycles. The third kappa shape index (κ3) is 3.03. The molecule has 3 nitrogen and oxygen atoms in total. The fourth-order valence-electron chi connectivity index (χ4n) is 0.966. The first-order chi connectivity index (χ1) is 6.77. The van der Waals surface area contributed by atoms with Gasteiger partial charge in [-0.2, -0.15) is 0 Å². The monoisotopic (exact) mass is 258 g/mol. The number of alkyl halides is 1. The number of benzene rings is 1. The van der Waals surface area contributed by atoms with E-state index in [1.807, 2.05) is 0 Å². The number of halogens is 1. The van der Waals surface area contributed by atoms with Gasteiger partial charge in [0.15, 0.2) is 11.5 Å². The molecular weight excluding hydrogens is 248 g/mol. The number of hydrogen-bond acceptors (Lipinski definition) is 3. The number of carbonyl (C=O) groups excluding carboxylic acids is 1. The molecule has 0 amide bonds. The van der Waals surface area contributed by atoms with Gasteiger partial charge in [0.1, 0.15) is 6.29 Å². The molecule has 0 fully saturated rings. The molecule has 0 radical (unpaired) electrons. The molecule has 0 aliphatic heterocycles. The summed E-state index contributed by atoms with van der Waals surface area (Å²) in [6.07, 6.45) is 1.55. The van der Waals surface area contributed by atoms with Gasteiger partial charge in [-0.3, -0.25) is 4.79 Å². The SMILES string of the molecule is O=Cc1ccc(OCCCBr)c(O)c1. The predicted octanol–water partition coefficient (Wildman–Crippen LogP) is 2.37. The molecule has 0 spiro atoms. The highest BCUT2D eigenvalue weighted by Crippen LogP contribution is 2.26. The average molecular weight is 259 g/mol. The molecule has 1 aromatic carbocycles. The van der Waals surface area contributed by atoms with Gasteiger partial charge in [0, 0.05) is 10.9 Å². The Morgan fingerprint density at radius 2 is 2.29 bits per heavy atom. The summed E-state index contributed by atoms with van der Waals surface area (Å²) in [6.45, 7) is 0.541. The summed E-state index contributed by atoms with van der Waals surface area (Å²) in [5.41, 5.74) is 0.440. The zero-order valence-electron chi connectivity index (χ0n) is 7.57. The number of phenolic OH excluding ortho intramolecular Hbond substituents is 1. The van der Waals surface area contributed by atoms with E-state index in [1.165, 1.54) is 6.07 Å². The highest BCUT2D eigenvalue weighted by Gasteiger charge is 2.02. The van der Waals surface area contributed by atoms with Gasteiger partial charge in [-0.05, 0) is 24.6 Å². The van der Waals surface area contributed by atoms with Crippen molar-refractivity contribution in [3.63, 3.8) is 0 Å². The first-order valence-electron chi connectivity index (χ1n) is 4.25. The van der Waals surface area contributed by atoms with E-state index < -0.39 is 0 Å². The third-order valence-electron chi connectivity index (χ3n) is 1.65. The van der Waals surface area contributed by atoms with E-state index in [4.69, 9.17) is 4.74 Å². The Bertz CT molecular complexity index is 312. The molecular formula is C10H11BrO3. The van der Waals surface area contributed by atoms with Gasteiger partial charge in [-0.25, -0.2) is 0 Å². The molecule has 14 heavy (non-hydrogen) atoms. The van der Waals surface area contributed by atoms with Crippen molar-refractivity contribution in [1.82, 2.24) is 0 Å². The molecule has 76 valence electrons. The first-order valence-corrected chi connectivity index (χ1v) is 5.37. The van der Waals surface area contributed by atoms with Gasteiger partial charge >= 0.3 is 0 Å². The van der Waals surface area contributed by atoms with Crippen LogP contribution in [-0.2, 0) is 0 Å². The number of hydrogen-bond donors (Lipinski definition) is 1. The van der Waals surface area contributed by atoms with Crippen molar-refractivity contribution in [2.24, 2.45) is 0 Å². The predicted molar refractivity (Wildman–Crippen MR) is 57.4 cm³/mol. The zero-order chi connectivity index (χ0) is 10.4. The molecule has 0 unspecified atom stereocenters. The van der Waals surface area contributed by atoms with E-state index in [-0.39, 0.29) is 5.75 Å². The van der Waals surface area contributed by atoms with E-state index >= 15 is 0 Å². The summed E-state index contributed by atoms with van der Waals surface area (Å²) in [5, 5.41) is 10.3. The molecule has 0 aliphatic rings. The maximum atomic E-state index is 10.4. The molecule has 1 rings (SSSR count). The first kappa shape index (κ1) is 11.0. The van der Waals surface area contributed by atoms with Crippen LogP contribution in [0.4, 0.5) is 0 Å².